The van der Waals surface area contributed by atoms with E-state index in [0.717, 1.165) is 6.26 Å². The van der Waals surface area contributed by atoms with E-state index in [4.69, 9.17) is 0 Å². The van der Waals surface area contributed by atoms with Crippen LogP contribution in [0.1, 0.15) is 0 Å². The van der Waals surface area contributed by atoms with E-state index in [-0.39, 0.29) is 0 Å². The molecular formula is C3H5N3O2S2. The highest BCUT2D eigenvalue weighted by molar-refractivity contribution is 8.71. The van der Waals surface area contributed by atoms with Crippen molar-refractivity contribution in [2.24, 2.45) is 0 Å². The molecule has 0 aliphatic rings. The highest BCUT2D eigenvalue weighted by atomic mass is 33.1. The standard InChI is InChI=1S/C3H5N3O2S2/c1-10(7,8)9-3-2-4-6-5-3/h2H,1H3,(H,4,5,6). The van der Waals surface area contributed by atoms with Crippen LogP contribution in [-0.4, -0.2) is 30.1 Å². The molecule has 1 aromatic rings. The highest BCUT2D eigenvalue weighted by Gasteiger charge is 2.06. The van der Waals surface area contributed by atoms with Gasteiger partial charge in [-0.05, 0) is 0 Å². The van der Waals surface area contributed by atoms with Crippen molar-refractivity contribution in [3.05, 3.63) is 6.20 Å². The van der Waals surface area contributed by atoms with E-state index in [1.165, 1.54) is 6.20 Å². The van der Waals surface area contributed by atoms with Gasteiger partial charge in [0.15, 0.2) is 5.03 Å². The quantitative estimate of drug-likeness (QED) is 0.639. The van der Waals surface area contributed by atoms with Crippen LogP contribution in [0.2, 0.25) is 0 Å². The van der Waals surface area contributed by atoms with Crippen molar-refractivity contribution in [2.75, 3.05) is 6.26 Å². The zero-order chi connectivity index (χ0) is 7.61. The minimum absolute atomic E-state index is 0.363. The molecule has 0 aromatic carbocycles. The first-order valence-electron chi connectivity index (χ1n) is 2.34. The average Bonchev–Trinajstić information content (AvgIpc) is 2.12. The number of aromatic amines is 1. The molecule has 0 aliphatic heterocycles. The molecule has 1 aromatic heterocycles. The number of aromatic nitrogens is 3. The first-order valence-corrected chi connectivity index (χ1v) is 5.56. The van der Waals surface area contributed by atoms with Gasteiger partial charge in [-0.15, -0.1) is 5.10 Å². The normalized spacial score (nSPS) is 11.7. The molecule has 0 fully saturated rings. The first-order chi connectivity index (χ1) is 4.58. The Morgan fingerprint density at radius 1 is 1.70 bits per heavy atom. The van der Waals surface area contributed by atoms with Crippen LogP contribution >= 0.6 is 10.8 Å². The van der Waals surface area contributed by atoms with Crippen molar-refractivity contribution < 1.29 is 8.42 Å². The Morgan fingerprint density at radius 2 is 2.40 bits per heavy atom. The van der Waals surface area contributed by atoms with Crippen LogP contribution in [0.15, 0.2) is 11.2 Å². The summed E-state index contributed by atoms with van der Waals surface area (Å²) in [5.41, 5.74) is 0. The van der Waals surface area contributed by atoms with Gasteiger partial charge in [0.1, 0.15) is 0 Å². The second-order valence-corrected chi connectivity index (χ2v) is 5.91. The van der Waals surface area contributed by atoms with Crippen LogP contribution < -0.4 is 0 Å². The smallest absolute Gasteiger partial charge is 0.204 e. The van der Waals surface area contributed by atoms with Crippen molar-refractivity contribution in [1.29, 1.82) is 0 Å². The number of nitrogens with one attached hydrogen (secondary N) is 1. The van der Waals surface area contributed by atoms with E-state index in [9.17, 15) is 8.42 Å². The fourth-order valence-electron chi connectivity index (χ4n) is 0.387. The number of nitrogens with zero attached hydrogens (tertiary/aromatic N) is 2. The molecule has 5 nitrogen and oxygen atoms in total. The van der Waals surface area contributed by atoms with Gasteiger partial charge in [-0.2, -0.15) is 0 Å². The van der Waals surface area contributed by atoms with Crippen LogP contribution in [0.3, 0.4) is 0 Å². The van der Waals surface area contributed by atoms with Gasteiger partial charge in [-0.1, -0.05) is 5.21 Å². The molecule has 10 heavy (non-hydrogen) atoms. The molecule has 0 aliphatic carbocycles. The lowest BCUT2D eigenvalue weighted by atomic mass is 11.0. The summed E-state index contributed by atoms with van der Waals surface area (Å²) < 4.78 is 21.2. The van der Waals surface area contributed by atoms with Crippen molar-refractivity contribution in [2.45, 2.75) is 5.03 Å². The summed E-state index contributed by atoms with van der Waals surface area (Å²) >= 11 is 0. The van der Waals surface area contributed by atoms with Gasteiger partial charge in [0, 0.05) is 17.0 Å². The van der Waals surface area contributed by atoms with E-state index in [1.54, 1.807) is 0 Å². The fraction of sp³-hybridized carbons (Fsp3) is 0.333. The first kappa shape index (κ1) is 7.55. The Labute approximate surface area is 61.5 Å². The third kappa shape index (κ3) is 2.36. The molecule has 0 amide bonds. The van der Waals surface area contributed by atoms with E-state index >= 15 is 0 Å². The Bertz CT molecular complexity index is 290. The molecule has 1 rings (SSSR count). The zero-order valence-corrected chi connectivity index (χ0v) is 6.74. The molecule has 0 radical (unpaired) electrons. The number of rotatable bonds is 2. The maximum absolute atomic E-state index is 10.6. The predicted octanol–water partition coefficient (Wildman–Crippen LogP) is -0.144. The van der Waals surface area contributed by atoms with Crippen LogP contribution in [-0.2, 0) is 8.87 Å². The van der Waals surface area contributed by atoms with Crippen molar-refractivity contribution in [1.82, 2.24) is 15.4 Å². The molecule has 0 bridgehead atoms. The van der Waals surface area contributed by atoms with E-state index in [0.29, 0.717) is 15.8 Å². The summed E-state index contributed by atoms with van der Waals surface area (Å²) in [4.78, 5) is 0. The summed E-state index contributed by atoms with van der Waals surface area (Å²) in [6.07, 6.45) is 2.54. The summed E-state index contributed by atoms with van der Waals surface area (Å²) in [6, 6.07) is 0. The molecule has 0 saturated heterocycles. The lowest BCUT2D eigenvalue weighted by Crippen LogP contribution is -1.87. The lowest BCUT2D eigenvalue weighted by Gasteiger charge is -1.87. The number of hydrogen-bond acceptors (Lipinski definition) is 5. The molecule has 1 N–H and O–H groups in total. The molecule has 1 heterocycles. The second-order valence-electron chi connectivity index (χ2n) is 1.60. The summed E-state index contributed by atoms with van der Waals surface area (Å²) in [5.74, 6) is 0. The summed E-state index contributed by atoms with van der Waals surface area (Å²) in [7, 11) is -2.38. The Hall–Kier alpha value is -0.560. The van der Waals surface area contributed by atoms with Gasteiger partial charge in [-0.3, -0.25) is 5.10 Å². The van der Waals surface area contributed by atoms with Crippen molar-refractivity contribution in [3.63, 3.8) is 0 Å². The van der Waals surface area contributed by atoms with Gasteiger partial charge in [-0.25, -0.2) is 8.42 Å². The minimum atomic E-state index is -3.05. The van der Waals surface area contributed by atoms with Gasteiger partial charge in [0.25, 0.3) is 0 Å². The fourth-order valence-corrected chi connectivity index (χ4v) is 2.05. The Balaban J connectivity index is 2.75. The van der Waals surface area contributed by atoms with Crippen molar-refractivity contribution in [3.8, 4) is 0 Å². The van der Waals surface area contributed by atoms with Crippen LogP contribution in [0, 0.1) is 0 Å². The molecule has 0 unspecified atom stereocenters. The van der Waals surface area contributed by atoms with Crippen LogP contribution in [0.5, 0.6) is 0 Å². The van der Waals surface area contributed by atoms with Crippen LogP contribution in [0.25, 0.3) is 0 Å². The lowest BCUT2D eigenvalue weighted by molar-refractivity contribution is 0.615. The maximum atomic E-state index is 10.6. The topological polar surface area (TPSA) is 75.7 Å². The predicted molar refractivity (Wildman–Crippen MR) is 37.1 cm³/mol. The van der Waals surface area contributed by atoms with Gasteiger partial charge in [0.2, 0.25) is 8.87 Å². The summed E-state index contributed by atoms with van der Waals surface area (Å²) in [5, 5.41) is 9.60. The Kier molecular flexibility index (Phi) is 1.95. The largest absolute Gasteiger partial charge is 0.264 e. The SMILES string of the molecule is CS(=O)(=O)Sc1c[nH]nn1. The van der Waals surface area contributed by atoms with Gasteiger partial charge < -0.3 is 0 Å². The Morgan fingerprint density at radius 3 is 2.80 bits per heavy atom. The average molecular weight is 179 g/mol. The third-order valence-electron chi connectivity index (χ3n) is 0.631. The third-order valence-corrected chi connectivity index (χ3v) is 2.72. The molecule has 0 saturated carbocycles. The van der Waals surface area contributed by atoms with E-state index in [2.05, 4.69) is 15.4 Å². The van der Waals surface area contributed by atoms with Crippen molar-refractivity contribution >= 4 is 19.7 Å². The molecule has 7 heteroatoms. The highest BCUT2D eigenvalue weighted by Crippen LogP contribution is 2.18. The zero-order valence-electron chi connectivity index (χ0n) is 5.10. The van der Waals surface area contributed by atoms with Gasteiger partial charge >= 0.3 is 0 Å². The molecular weight excluding hydrogens is 174 g/mol. The number of H-pyrrole nitrogens is 1. The van der Waals surface area contributed by atoms with Gasteiger partial charge in [0.05, 0.1) is 6.20 Å². The summed E-state index contributed by atoms with van der Waals surface area (Å²) in [6.45, 7) is 0. The number of hydrogen-bond donors (Lipinski definition) is 1. The molecule has 0 atom stereocenters. The van der Waals surface area contributed by atoms with E-state index < -0.39 is 8.87 Å². The molecule has 0 spiro atoms. The molecule has 56 valence electrons. The second kappa shape index (κ2) is 2.59. The maximum Gasteiger partial charge on any atom is 0.204 e. The minimum Gasteiger partial charge on any atom is -0.264 e. The van der Waals surface area contributed by atoms with E-state index in [1.807, 2.05) is 0 Å². The monoisotopic (exact) mass is 179 g/mol. The van der Waals surface area contributed by atoms with Crippen LogP contribution in [0.4, 0.5) is 0 Å².